The summed E-state index contributed by atoms with van der Waals surface area (Å²) in [5, 5.41) is 4.18. The Morgan fingerprint density at radius 1 is 1.65 bits per heavy atom. The minimum atomic E-state index is -0.394. The lowest BCUT2D eigenvalue weighted by molar-refractivity contribution is 0.0593. The molecule has 0 radical (unpaired) electrons. The SMILES string of the molecule is COC(=O)c1cc(C2C(CN)C2(C)C)n(C)n1. The van der Waals surface area contributed by atoms with E-state index in [4.69, 9.17) is 5.73 Å². The van der Waals surface area contributed by atoms with Crippen molar-refractivity contribution in [3.05, 3.63) is 17.5 Å². The van der Waals surface area contributed by atoms with E-state index in [1.807, 2.05) is 13.1 Å². The lowest BCUT2D eigenvalue weighted by atomic mass is 10.1. The average molecular weight is 237 g/mol. The number of carbonyl (C=O) groups excluding carboxylic acids is 1. The molecule has 0 aliphatic heterocycles. The molecule has 2 rings (SSSR count). The second kappa shape index (κ2) is 3.84. The number of esters is 1. The smallest absolute Gasteiger partial charge is 0.358 e. The van der Waals surface area contributed by atoms with Gasteiger partial charge in [-0.1, -0.05) is 13.8 Å². The highest BCUT2D eigenvalue weighted by Gasteiger charge is 2.58. The maximum absolute atomic E-state index is 11.4. The van der Waals surface area contributed by atoms with E-state index in [0.29, 0.717) is 24.1 Å². The Kier molecular flexibility index (Phi) is 2.73. The van der Waals surface area contributed by atoms with Crippen molar-refractivity contribution in [2.45, 2.75) is 19.8 Å². The molecule has 1 saturated carbocycles. The highest BCUT2D eigenvalue weighted by Crippen LogP contribution is 2.63. The third-order valence-electron chi connectivity index (χ3n) is 3.93. The van der Waals surface area contributed by atoms with Crippen LogP contribution < -0.4 is 5.73 Å². The van der Waals surface area contributed by atoms with Crippen LogP contribution in [0, 0.1) is 11.3 Å². The predicted molar refractivity (Wildman–Crippen MR) is 63.6 cm³/mol. The van der Waals surface area contributed by atoms with Crippen molar-refractivity contribution in [2.75, 3.05) is 13.7 Å². The molecule has 2 atom stereocenters. The Bertz CT molecular complexity index is 451. The van der Waals surface area contributed by atoms with E-state index in [0.717, 1.165) is 5.69 Å². The second-order valence-corrected chi connectivity index (χ2v) is 5.21. The fourth-order valence-electron chi connectivity index (χ4n) is 2.75. The lowest BCUT2D eigenvalue weighted by Gasteiger charge is -2.02. The summed E-state index contributed by atoms with van der Waals surface area (Å²) < 4.78 is 6.43. The fraction of sp³-hybridized carbons (Fsp3) is 0.667. The van der Waals surface area contributed by atoms with Gasteiger partial charge in [0, 0.05) is 18.7 Å². The van der Waals surface area contributed by atoms with Crippen molar-refractivity contribution in [1.82, 2.24) is 9.78 Å². The zero-order valence-corrected chi connectivity index (χ0v) is 10.7. The Morgan fingerprint density at radius 2 is 2.29 bits per heavy atom. The van der Waals surface area contributed by atoms with Crippen molar-refractivity contribution in [3.8, 4) is 0 Å². The van der Waals surface area contributed by atoms with Crippen LogP contribution in [0.3, 0.4) is 0 Å². The quantitative estimate of drug-likeness (QED) is 0.793. The standard InChI is InChI=1S/C12H19N3O2/c1-12(2)7(6-13)10(12)9-5-8(11(16)17-4)14-15(9)3/h5,7,10H,6,13H2,1-4H3. The molecule has 17 heavy (non-hydrogen) atoms. The van der Waals surface area contributed by atoms with Gasteiger partial charge in [0.2, 0.25) is 0 Å². The summed E-state index contributed by atoms with van der Waals surface area (Å²) in [6.45, 7) is 5.05. The molecular formula is C12H19N3O2. The van der Waals surface area contributed by atoms with Crippen LogP contribution in [0.2, 0.25) is 0 Å². The monoisotopic (exact) mass is 237 g/mol. The number of carbonyl (C=O) groups is 1. The molecule has 1 aromatic rings. The van der Waals surface area contributed by atoms with Gasteiger partial charge in [0.05, 0.1) is 7.11 Å². The summed E-state index contributed by atoms with van der Waals surface area (Å²) in [6, 6.07) is 1.81. The Balaban J connectivity index is 2.29. The van der Waals surface area contributed by atoms with Crippen molar-refractivity contribution in [1.29, 1.82) is 0 Å². The molecule has 2 N–H and O–H groups in total. The number of aromatic nitrogens is 2. The van der Waals surface area contributed by atoms with Gasteiger partial charge in [-0.2, -0.15) is 5.10 Å². The van der Waals surface area contributed by atoms with Gasteiger partial charge in [-0.15, -0.1) is 0 Å². The molecule has 1 aliphatic carbocycles. The second-order valence-electron chi connectivity index (χ2n) is 5.21. The van der Waals surface area contributed by atoms with Crippen LogP contribution in [0.1, 0.15) is 35.9 Å². The van der Waals surface area contributed by atoms with Crippen LogP contribution in [0.5, 0.6) is 0 Å². The molecule has 0 spiro atoms. The summed E-state index contributed by atoms with van der Waals surface area (Å²) in [4.78, 5) is 11.4. The molecule has 0 aromatic carbocycles. The number of nitrogens with zero attached hydrogens (tertiary/aromatic N) is 2. The number of aryl methyl sites for hydroxylation is 1. The minimum Gasteiger partial charge on any atom is -0.464 e. The van der Waals surface area contributed by atoms with Crippen LogP contribution in [-0.2, 0) is 11.8 Å². The number of nitrogens with two attached hydrogens (primary N) is 1. The summed E-state index contributed by atoms with van der Waals surface area (Å²) in [5.74, 6) is 0.446. The number of hydrogen-bond donors (Lipinski definition) is 1. The zero-order valence-electron chi connectivity index (χ0n) is 10.7. The van der Waals surface area contributed by atoms with Gasteiger partial charge < -0.3 is 10.5 Å². The number of ether oxygens (including phenoxy) is 1. The van der Waals surface area contributed by atoms with Gasteiger partial charge in [-0.05, 0) is 23.9 Å². The van der Waals surface area contributed by atoms with Gasteiger partial charge in [-0.25, -0.2) is 4.79 Å². The summed E-state index contributed by atoms with van der Waals surface area (Å²) in [5.41, 5.74) is 7.37. The molecule has 0 bridgehead atoms. The van der Waals surface area contributed by atoms with E-state index in [-0.39, 0.29) is 5.41 Å². The Morgan fingerprint density at radius 3 is 2.76 bits per heavy atom. The first-order valence-electron chi connectivity index (χ1n) is 5.75. The Labute approximate surface area is 101 Å². The normalized spacial score (nSPS) is 25.7. The number of rotatable bonds is 3. The topological polar surface area (TPSA) is 70.1 Å². The summed E-state index contributed by atoms with van der Waals surface area (Å²) >= 11 is 0. The van der Waals surface area contributed by atoms with Crippen LogP contribution >= 0.6 is 0 Å². The molecule has 94 valence electrons. The maximum atomic E-state index is 11.4. The van der Waals surface area contributed by atoms with Gasteiger partial charge in [0.15, 0.2) is 5.69 Å². The summed E-state index contributed by atoms with van der Waals surface area (Å²) in [7, 11) is 3.21. The van der Waals surface area contributed by atoms with Crippen LogP contribution in [0.15, 0.2) is 6.07 Å². The Hall–Kier alpha value is -1.36. The minimum absolute atomic E-state index is 0.190. The van der Waals surface area contributed by atoms with Gasteiger partial charge in [-0.3, -0.25) is 4.68 Å². The third kappa shape index (κ3) is 1.74. The van der Waals surface area contributed by atoms with E-state index in [1.54, 1.807) is 4.68 Å². The molecule has 2 unspecified atom stereocenters. The van der Waals surface area contributed by atoms with Crippen LogP contribution in [0.4, 0.5) is 0 Å². The lowest BCUT2D eigenvalue weighted by Crippen LogP contribution is -2.05. The van der Waals surface area contributed by atoms with Crippen molar-refractivity contribution < 1.29 is 9.53 Å². The first-order chi connectivity index (χ1) is 7.93. The fourth-order valence-corrected chi connectivity index (χ4v) is 2.75. The third-order valence-corrected chi connectivity index (χ3v) is 3.93. The summed E-state index contributed by atoms with van der Waals surface area (Å²) in [6.07, 6.45) is 0. The average Bonchev–Trinajstić information content (AvgIpc) is 2.63. The van der Waals surface area contributed by atoms with E-state index >= 15 is 0 Å². The van der Waals surface area contributed by atoms with E-state index in [1.165, 1.54) is 7.11 Å². The van der Waals surface area contributed by atoms with Gasteiger partial charge in [0.1, 0.15) is 0 Å². The molecule has 1 heterocycles. The van der Waals surface area contributed by atoms with Crippen LogP contribution in [-0.4, -0.2) is 29.4 Å². The van der Waals surface area contributed by atoms with E-state index in [9.17, 15) is 4.79 Å². The molecule has 1 aromatic heterocycles. The molecular weight excluding hydrogens is 218 g/mol. The highest BCUT2D eigenvalue weighted by molar-refractivity contribution is 5.87. The first kappa shape index (κ1) is 12.1. The van der Waals surface area contributed by atoms with Crippen molar-refractivity contribution in [2.24, 2.45) is 24.1 Å². The molecule has 0 saturated heterocycles. The van der Waals surface area contributed by atoms with Gasteiger partial charge in [0.25, 0.3) is 0 Å². The predicted octanol–water partition coefficient (Wildman–Crippen LogP) is 0.905. The molecule has 1 aliphatic rings. The first-order valence-corrected chi connectivity index (χ1v) is 5.75. The number of methoxy groups -OCH3 is 1. The molecule has 0 amide bonds. The number of hydrogen-bond acceptors (Lipinski definition) is 4. The van der Waals surface area contributed by atoms with Crippen molar-refractivity contribution in [3.63, 3.8) is 0 Å². The van der Waals surface area contributed by atoms with Gasteiger partial charge >= 0.3 is 5.97 Å². The molecule has 5 heteroatoms. The van der Waals surface area contributed by atoms with Crippen LogP contribution in [0.25, 0.3) is 0 Å². The largest absolute Gasteiger partial charge is 0.464 e. The maximum Gasteiger partial charge on any atom is 0.358 e. The van der Waals surface area contributed by atoms with Crippen molar-refractivity contribution >= 4 is 5.97 Å². The highest BCUT2D eigenvalue weighted by atomic mass is 16.5. The zero-order chi connectivity index (χ0) is 12.8. The van der Waals surface area contributed by atoms with E-state index < -0.39 is 5.97 Å². The molecule has 1 fully saturated rings. The molecule has 5 nitrogen and oxygen atoms in total. The van der Waals surface area contributed by atoms with E-state index in [2.05, 4.69) is 23.7 Å².